The number of rotatable bonds is 3. The van der Waals surface area contributed by atoms with E-state index in [1.54, 1.807) is 4.46 Å². The van der Waals surface area contributed by atoms with Gasteiger partial charge < -0.3 is 12.4 Å². The molecule has 0 atom stereocenters. The summed E-state index contributed by atoms with van der Waals surface area (Å²) >= 11 is 0.541. The van der Waals surface area contributed by atoms with Crippen LogP contribution in [0.25, 0.3) is 5.57 Å². The van der Waals surface area contributed by atoms with Crippen molar-refractivity contribution in [2.75, 3.05) is 13.6 Å². The third-order valence-corrected chi connectivity index (χ3v) is 6.03. The van der Waals surface area contributed by atoms with Gasteiger partial charge in [-0.25, -0.2) is 0 Å². The predicted molar refractivity (Wildman–Crippen MR) is 86.4 cm³/mol. The second kappa shape index (κ2) is 7.82. The summed E-state index contributed by atoms with van der Waals surface area (Å²) in [5.41, 5.74) is 5.84. The number of hydrogen-bond donors (Lipinski definition) is 1. The van der Waals surface area contributed by atoms with E-state index in [0.717, 1.165) is 13.0 Å². The molecule has 1 nitrogen and oxygen atoms in total. The quantitative estimate of drug-likeness (QED) is 0.507. The Morgan fingerprint density at radius 3 is 2.57 bits per heavy atom. The summed E-state index contributed by atoms with van der Waals surface area (Å²) in [6.07, 6.45) is 3.56. The summed E-state index contributed by atoms with van der Waals surface area (Å²) in [4.78, 5) is 0. The fourth-order valence-corrected chi connectivity index (χ4v) is 4.89. The molecular weight excluding hydrogens is 345 g/mol. The molecule has 21 heavy (non-hydrogen) atoms. The Bertz CT molecular complexity index is 587. The van der Waals surface area contributed by atoms with Gasteiger partial charge in [0.25, 0.3) is 0 Å². The van der Waals surface area contributed by atoms with Crippen LogP contribution in [0.5, 0.6) is 0 Å². The summed E-state index contributed by atoms with van der Waals surface area (Å²) < 4.78 is 1.54. The summed E-state index contributed by atoms with van der Waals surface area (Å²) in [7, 11) is 2.14. The molecular formula is C18H20ClNSe. The van der Waals surface area contributed by atoms with Crippen molar-refractivity contribution in [2.45, 2.75) is 11.7 Å². The fraction of sp³-hybridized carbons (Fsp3) is 0.222. The molecule has 2 aromatic rings. The van der Waals surface area contributed by atoms with Crippen LogP contribution < -0.4 is 22.2 Å². The first-order valence-corrected chi connectivity index (χ1v) is 9.25. The Kier molecular flexibility index (Phi) is 6.07. The van der Waals surface area contributed by atoms with Gasteiger partial charge in [-0.15, -0.1) is 0 Å². The molecule has 0 amide bonds. The van der Waals surface area contributed by atoms with Crippen LogP contribution in [0.2, 0.25) is 0 Å². The molecule has 0 fully saturated rings. The van der Waals surface area contributed by atoms with Crippen LogP contribution in [0.3, 0.4) is 0 Å². The van der Waals surface area contributed by atoms with Gasteiger partial charge in [0.1, 0.15) is 0 Å². The summed E-state index contributed by atoms with van der Waals surface area (Å²) in [5, 5.41) is 3.45. The molecule has 0 bridgehead atoms. The molecule has 0 saturated carbocycles. The van der Waals surface area contributed by atoms with Crippen LogP contribution >= 0.6 is 0 Å². The molecule has 2 N–H and O–H groups in total. The normalized spacial score (nSPS) is 14.8. The molecule has 3 heteroatoms. The minimum absolute atomic E-state index is 0. The smallest absolute Gasteiger partial charge is 1.00 e. The average molecular weight is 365 g/mol. The maximum atomic E-state index is 2.43. The zero-order valence-electron chi connectivity index (χ0n) is 12.2. The van der Waals surface area contributed by atoms with Crippen LogP contribution in [0.4, 0.5) is 0 Å². The van der Waals surface area contributed by atoms with Crippen molar-refractivity contribution in [1.82, 2.24) is 0 Å². The second-order valence-electron chi connectivity index (χ2n) is 5.05. The van der Waals surface area contributed by atoms with Crippen molar-refractivity contribution in [3.63, 3.8) is 0 Å². The number of fused-ring (bicyclic) bond motifs is 2. The van der Waals surface area contributed by atoms with E-state index in [1.807, 2.05) is 0 Å². The van der Waals surface area contributed by atoms with Gasteiger partial charge in [-0.1, -0.05) is 0 Å². The fourth-order valence-electron chi connectivity index (χ4n) is 2.64. The van der Waals surface area contributed by atoms with E-state index in [-0.39, 0.29) is 12.4 Å². The van der Waals surface area contributed by atoms with Crippen molar-refractivity contribution in [1.29, 1.82) is 0 Å². The number of nitrogens with two attached hydrogens (primary N) is 1. The molecule has 1 aliphatic heterocycles. The number of benzene rings is 2. The van der Waals surface area contributed by atoms with Gasteiger partial charge in [-0.3, -0.25) is 0 Å². The van der Waals surface area contributed by atoms with Crippen molar-refractivity contribution >= 4 is 25.0 Å². The van der Waals surface area contributed by atoms with Crippen molar-refractivity contribution < 1.29 is 17.7 Å². The molecule has 0 spiro atoms. The van der Waals surface area contributed by atoms with E-state index in [4.69, 9.17) is 0 Å². The first kappa shape index (κ1) is 16.3. The molecule has 0 unspecified atom stereocenters. The molecule has 2 aromatic carbocycles. The standard InChI is InChI=1S/C18H19NSe.ClH/c1-19-12-6-10-16-15-8-3-2-7-14(15)13-20-18-11-5-4-9-17(16)18;/h2-5,7-11,19H,6,12-13H2,1H3;1H/b16-10+;. The van der Waals surface area contributed by atoms with E-state index in [1.165, 1.54) is 27.6 Å². The molecule has 3 rings (SSSR count). The largest absolute Gasteiger partial charge is 1.00 e. The monoisotopic (exact) mass is 365 g/mol. The van der Waals surface area contributed by atoms with E-state index in [0.29, 0.717) is 15.0 Å². The Hall–Kier alpha value is -1.05. The van der Waals surface area contributed by atoms with Gasteiger partial charge in [0, 0.05) is 0 Å². The van der Waals surface area contributed by atoms with Crippen molar-refractivity contribution in [2.24, 2.45) is 0 Å². The molecule has 0 aliphatic carbocycles. The van der Waals surface area contributed by atoms with Crippen LogP contribution in [-0.2, 0) is 5.32 Å². The Morgan fingerprint density at radius 2 is 1.76 bits per heavy atom. The third kappa shape index (κ3) is 3.59. The van der Waals surface area contributed by atoms with Crippen LogP contribution in [0, 0.1) is 0 Å². The van der Waals surface area contributed by atoms with Crippen LogP contribution in [-0.4, -0.2) is 28.5 Å². The molecule has 1 aliphatic rings. The van der Waals surface area contributed by atoms with E-state index >= 15 is 0 Å². The summed E-state index contributed by atoms with van der Waals surface area (Å²) in [6, 6.07) is 17.9. The van der Waals surface area contributed by atoms with E-state index in [9.17, 15) is 0 Å². The minimum Gasteiger partial charge on any atom is -1.00 e. The van der Waals surface area contributed by atoms with E-state index < -0.39 is 0 Å². The van der Waals surface area contributed by atoms with Crippen molar-refractivity contribution in [3.8, 4) is 0 Å². The zero-order chi connectivity index (χ0) is 13.8. The molecule has 1 heterocycles. The molecule has 0 aromatic heterocycles. The van der Waals surface area contributed by atoms with Crippen LogP contribution in [0.15, 0.2) is 54.6 Å². The molecule has 110 valence electrons. The van der Waals surface area contributed by atoms with Gasteiger partial charge in [0.05, 0.1) is 0 Å². The van der Waals surface area contributed by atoms with Gasteiger partial charge in [0.15, 0.2) is 0 Å². The van der Waals surface area contributed by atoms with Gasteiger partial charge in [-0.2, -0.15) is 0 Å². The third-order valence-electron chi connectivity index (χ3n) is 3.67. The maximum absolute atomic E-state index is 2.43. The van der Waals surface area contributed by atoms with Gasteiger partial charge >= 0.3 is 127 Å². The SMILES string of the molecule is C[NH2+]CC/C=C1\c2ccccc2C[Se]c2ccccc21.[Cl-]. The summed E-state index contributed by atoms with van der Waals surface area (Å²) in [5.74, 6) is 0. The average Bonchev–Trinajstić information content (AvgIpc) is 2.66. The minimum atomic E-state index is 0. The van der Waals surface area contributed by atoms with Crippen LogP contribution in [0.1, 0.15) is 23.1 Å². The topological polar surface area (TPSA) is 16.6 Å². The predicted octanol–water partition coefficient (Wildman–Crippen LogP) is -1.45. The second-order valence-corrected chi connectivity index (χ2v) is 7.18. The molecule has 0 radical (unpaired) electrons. The van der Waals surface area contributed by atoms with Crippen molar-refractivity contribution in [3.05, 3.63) is 71.3 Å². The Labute approximate surface area is 139 Å². The zero-order valence-corrected chi connectivity index (χ0v) is 14.7. The first-order chi connectivity index (χ1) is 9.90. The number of hydrogen-bond acceptors (Lipinski definition) is 0. The maximum Gasteiger partial charge on any atom is -1.00 e. The van der Waals surface area contributed by atoms with Gasteiger partial charge in [-0.05, 0) is 0 Å². The Balaban J connectivity index is 0.00000161. The molecule has 0 saturated heterocycles. The van der Waals surface area contributed by atoms with E-state index in [2.05, 4.69) is 67.0 Å². The summed E-state index contributed by atoms with van der Waals surface area (Å²) in [6.45, 7) is 1.15. The number of quaternary nitrogens is 1. The van der Waals surface area contributed by atoms with Gasteiger partial charge in [0.2, 0.25) is 0 Å². The number of halogens is 1. The Morgan fingerprint density at radius 1 is 1.05 bits per heavy atom. The first-order valence-electron chi connectivity index (χ1n) is 7.18.